The highest BCUT2D eigenvalue weighted by atomic mass is 32.1. The van der Waals surface area contributed by atoms with Crippen LogP contribution in [0.3, 0.4) is 0 Å². The largest absolute Gasteiger partial charge is 0.370 e. The van der Waals surface area contributed by atoms with Crippen LogP contribution in [-0.4, -0.2) is 28.9 Å². The highest BCUT2D eigenvalue weighted by Crippen LogP contribution is 2.14. The Bertz CT molecular complexity index is 588. The van der Waals surface area contributed by atoms with E-state index in [-0.39, 0.29) is 0 Å². The number of thiazole rings is 1. The number of hydrogen-bond acceptors (Lipinski definition) is 3. The van der Waals surface area contributed by atoms with Crippen molar-refractivity contribution in [3.8, 4) is 0 Å². The Morgan fingerprint density at radius 1 is 1.18 bits per heavy atom. The van der Waals surface area contributed by atoms with Gasteiger partial charge in [0.25, 0.3) is 0 Å². The van der Waals surface area contributed by atoms with Crippen molar-refractivity contribution in [3.05, 3.63) is 52.0 Å². The summed E-state index contributed by atoms with van der Waals surface area (Å²) in [6, 6.07) is 10.5. The fourth-order valence-corrected chi connectivity index (χ4v) is 3.03. The molecule has 0 amide bonds. The Balaban J connectivity index is 1.87. The van der Waals surface area contributed by atoms with Gasteiger partial charge in [0.1, 0.15) is 0 Å². The van der Waals surface area contributed by atoms with Crippen molar-refractivity contribution in [1.29, 1.82) is 0 Å². The third kappa shape index (κ3) is 4.84. The molecule has 1 heterocycles. The molecule has 22 heavy (non-hydrogen) atoms. The van der Waals surface area contributed by atoms with Crippen molar-refractivity contribution in [3.63, 3.8) is 0 Å². The van der Waals surface area contributed by atoms with E-state index in [4.69, 9.17) is 5.73 Å². The predicted molar refractivity (Wildman–Crippen MR) is 94.2 cm³/mol. The summed E-state index contributed by atoms with van der Waals surface area (Å²) in [5, 5.41) is 3.25. The quantitative estimate of drug-likeness (QED) is 0.631. The maximum atomic E-state index is 5.98. The molecule has 0 saturated carbocycles. The van der Waals surface area contributed by atoms with Crippen LogP contribution >= 0.6 is 11.3 Å². The molecule has 2 N–H and O–H groups in total. The second-order valence-corrected chi connectivity index (χ2v) is 6.01. The van der Waals surface area contributed by atoms with Gasteiger partial charge in [-0.25, -0.2) is 9.98 Å². The lowest BCUT2D eigenvalue weighted by atomic mass is 10.1. The van der Waals surface area contributed by atoms with Gasteiger partial charge in [-0.1, -0.05) is 30.3 Å². The average molecular weight is 316 g/mol. The van der Waals surface area contributed by atoms with E-state index in [0.29, 0.717) is 12.5 Å². The molecule has 0 aliphatic carbocycles. The number of aryl methyl sites for hydroxylation is 2. The van der Waals surface area contributed by atoms with E-state index in [1.165, 1.54) is 5.56 Å². The van der Waals surface area contributed by atoms with Gasteiger partial charge in [-0.05, 0) is 25.8 Å². The summed E-state index contributed by atoms with van der Waals surface area (Å²) >= 11 is 1.71. The van der Waals surface area contributed by atoms with Gasteiger partial charge >= 0.3 is 0 Å². The van der Waals surface area contributed by atoms with Crippen LogP contribution in [0.25, 0.3) is 0 Å². The summed E-state index contributed by atoms with van der Waals surface area (Å²) in [7, 11) is 0. The summed E-state index contributed by atoms with van der Waals surface area (Å²) < 4.78 is 0. The number of guanidine groups is 1. The second kappa shape index (κ2) is 8.54. The lowest BCUT2D eigenvalue weighted by molar-refractivity contribution is 0.458. The molecule has 0 radical (unpaired) electrons. The predicted octanol–water partition coefficient (Wildman–Crippen LogP) is 3.08. The van der Waals surface area contributed by atoms with E-state index in [1.807, 2.05) is 11.0 Å². The van der Waals surface area contributed by atoms with Crippen molar-refractivity contribution >= 4 is 17.3 Å². The van der Waals surface area contributed by atoms with Crippen LogP contribution in [0, 0.1) is 0 Å². The number of rotatable bonds is 7. The number of nitrogens with zero attached hydrogens (tertiary/aromatic N) is 3. The summed E-state index contributed by atoms with van der Waals surface area (Å²) in [5.41, 5.74) is 8.33. The molecule has 0 fully saturated rings. The van der Waals surface area contributed by atoms with Crippen molar-refractivity contribution in [1.82, 2.24) is 9.88 Å². The standard InChI is InChI=1S/C17H24N4S/c1-3-21(4-2)17(18)19-12-15-13-22-16(20-15)11-10-14-8-6-5-7-9-14/h5-9,13H,3-4,10-12H2,1-2H3,(H2,18,19). The molecule has 0 atom stereocenters. The third-order valence-corrected chi connectivity index (χ3v) is 4.52. The summed E-state index contributed by atoms with van der Waals surface area (Å²) in [6.07, 6.45) is 2.00. The molecule has 2 rings (SSSR count). The first-order valence-corrected chi connectivity index (χ1v) is 8.63. The van der Waals surface area contributed by atoms with Gasteiger partial charge in [0.15, 0.2) is 5.96 Å². The lowest BCUT2D eigenvalue weighted by Gasteiger charge is -2.19. The number of aliphatic imine (C=N–C) groups is 1. The molecule has 0 aliphatic heterocycles. The fourth-order valence-electron chi connectivity index (χ4n) is 2.24. The van der Waals surface area contributed by atoms with Gasteiger partial charge in [-0.15, -0.1) is 11.3 Å². The molecule has 1 aromatic carbocycles. The molecule has 0 aliphatic rings. The van der Waals surface area contributed by atoms with Crippen molar-refractivity contribution in [2.24, 2.45) is 10.7 Å². The molecule has 5 heteroatoms. The van der Waals surface area contributed by atoms with Crippen molar-refractivity contribution in [2.45, 2.75) is 33.2 Å². The Morgan fingerprint density at radius 2 is 1.91 bits per heavy atom. The number of aromatic nitrogens is 1. The Morgan fingerprint density at radius 3 is 2.59 bits per heavy atom. The van der Waals surface area contributed by atoms with E-state index in [0.717, 1.165) is 36.6 Å². The number of benzene rings is 1. The van der Waals surface area contributed by atoms with Crippen molar-refractivity contribution < 1.29 is 0 Å². The molecule has 0 bridgehead atoms. The maximum Gasteiger partial charge on any atom is 0.191 e. The van der Waals surface area contributed by atoms with E-state index in [1.54, 1.807) is 11.3 Å². The molecule has 0 spiro atoms. The maximum absolute atomic E-state index is 5.98. The van der Waals surface area contributed by atoms with Gasteiger partial charge in [-0.3, -0.25) is 0 Å². The van der Waals surface area contributed by atoms with Crippen LogP contribution in [0.2, 0.25) is 0 Å². The minimum absolute atomic E-state index is 0.560. The minimum Gasteiger partial charge on any atom is -0.370 e. The molecular weight excluding hydrogens is 292 g/mol. The van der Waals surface area contributed by atoms with Crippen LogP contribution in [0.5, 0.6) is 0 Å². The van der Waals surface area contributed by atoms with E-state index >= 15 is 0 Å². The van der Waals surface area contributed by atoms with Crippen molar-refractivity contribution in [2.75, 3.05) is 13.1 Å². The molecule has 4 nitrogen and oxygen atoms in total. The first-order valence-electron chi connectivity index (χ1n) is 7.75. The zero-order chi connectivity index (χ0) is 15.8. The smallest absolute Gasteiger partial charge is 0.191 e. The van der Waals surface area contributed by atoms with Gasteiger partial charge in [0.2, 0.25) is 0 Å². The highest BCUT2D eigenvalue weighted by Gasteiger charge is 2.05. The van der Waals surface area contributed by atoms with E-state index in [9.17, 15) is 0 Å². The minimum atomic E-state index is 0.560. The SMILES string of the molecule is CCN(CC)C(N)=NCc1csc(CCc2ccccc2)n1. The van der Waals surface area contributed by atoms with Crippen LogP contribution in [0.15, 0.2) is 40.7 Å². The van der Waals surface area contributed by atoms with Crippen LogP contribution < -0.4 is 5.73 Å². The zero-order valence-electron chi connectivity index (χ0n) is 13.3. The Kier molecular flexibility index (Phi) is 6.40. The number of hydrogen-bond donors (Lipinski definition) is 1. The van der Waals surface area contributed by atoms with Crippen LogP contribution in [0.4, 0.5) is 0 Å². The average Bonchev–Trinajstić information content (AvgIpc) is 3.01. The molecule has 0 unspecified atom stereocenters. The van der Waals surface area contributed by atoms with Crippen LogP contribution in [-0.2, 0) is 19.4 Å². The van der Waals surface area contributed by atoms with Gasteiger partial charge in [0, 0.05) is 24.9 Å². The van der Waals surface area contributed by atoms with Gasteiger partial charge in [-0.2, -0.15) is 0 Å². The topological polar surface area (TPSA) is 54.5 Å². The van der Waals surface area contributed by atoms with Crippen LogP contribution in [0.1, 0.15) is 30.1 Å². The van der Waals surface area contributed by atoms with E-state index in [2.05, 4.69) is 53.5 Å². The monoisotopic (exact) mass is 316 g/mol. The summed E-state index contributed by atoms with van der Waals surface area (Å²) in [4.78, 5) is 11.1. The first kappa shape index (κ1) is 16.5. The highest BCUT2D eigenvalue weighted by molar-refractivity contribution is 7.09. The second-order valence-electron chi connectivity index (χ2n) is 5.06. The summed E-state index contributed by atoms with van der Waals surface area (Å²) in [5.74, 6) is 0.601. The molecule has 118 valence electrons. The molecule has 1 aromatic heterocycles. The zero-order valence-corrected chi connectivity index (χ0v) is 14.1. The Labute approximate surface area is 136 Å². The lowest BCUT2D eigenvalue weighted by Crippen LogP contribution is -2.37. The normalized spacial score (nSPS) is 11.6. The molecule has 2 aromatic rings. The summed E-state index contributed by atoms with van der Waals surface area (Å²) in [6.45, 7) is 6.48. The van der Waals surface area contributed by atoms with E-state index < -0.39 is 0 Å². The fraction of sp³-hybridized carbons (Fsp3) is 0.412. The van der Waals surface area contributed by atoms with Gasteiger partial charge < -0.3 is 10.6 Å². The molecule has 0 saturated heterocycles. The Hall–Kier alpha value is -1.88. The molecular formula is C17H24N4S. The number of nitrogens with two attached hydrogens (primary N) is 1. The first-order chi connectivity index (χ1) is 10.7. The third-order valence-electron chi connectivity index (χ3n) is 3.56. The van der Waals surface area contributed by atoms with Gasteiger partial charge in [0.05, 0.1) is 17.2 Å².